The Morgan fingerprint density at radius 3 is 2.62 bits per heavy atom. The highest BCUT2D eigenvalue weighted by atomic mass is 32.2. The van der Waals surface area contributed by atoms with E-state index in [0.29, 0.717) is 0 Å². The fourth-order valence-corrected chi connectivity index (χ4v) is 3.79. The Labute approximate surface area is 166 Å². The molecular formula is C18H17FN4O5S. The molecule has 1 aromatic carbocycles. The van der Waals surface area contributed by atoms with E-state index in [1.807, 2.05) is 0 Å². The van der Waals surface area contributed by atoms with Crippen LogP contribution in [0.1, 0.15) is 5.69 Å². The number of hydrogen-bond acceptors (Lipinski definition) is 7. The lowest BCUT2D eigenvalue weighted by Gasteiger charge is -2.09. The highest BCUT2D eigenvalue weighted by Crippen LogP contribution is 2.26. The minimum atomic E-state index is -4.12. The number of aromatic nitrogens is 3. The maximum absolute atomic E-state index is 14.3. The molecule has 2 aromatic heterocycles. The molecule has 3 aromatic rings. The van der Waals surface area contributed by atoms with Gasteiger partial charge in [-0.15, -0.1) is 0 Å². The predicted molar refractivity (Wildman–Crippen MR) is 99.0 cm³/mol. The summed E-state index contributed by atoms with van der Waals surface area (Å²) in [7, 11) is -1.34. The largest absolute Gasteiger partial charge is 0.481 e. The van der Waals surface area contributed by atoms with Gasteiger partial charge in [0.2, 0.25) is 15.7 Å². The van der Waals surface area contributed by atoms with E-state index < -0.39 is 21.7 Å². The number of pyridine rings is 1. The molecule has 0 saturated heterocycles. The maximum atomic E-state index is 14.3. The first-order chi connectivity index (χ1) is 13.9. The highest BCUT2D eigenvalue weighted by Gasteiger charge is 2.27. The van der Waals surface area contributed by atoms with Crippen molar-refractivity contribution >= 4 is 15.9 Å². The standard InChI is InChI=1S/C18H17FN4O5S/c1-20-18(24)28-11-12-9-17(23(22-12)15-6-4-3-5-14(15)19)29(25,26)13-7-8-16(27-2)21-10-13/h3-10H,11H2,1-2H3,(H,20,24). The van der Waals surface area contributed by atoms with Crippen LogP contribution in [-0.4, -0.2) is 43.4 Å². The summed E-state index contributed by atoms with van der Waals surface area (Å²) in [6.07, 6.45) is 0.419. The summed E-state index contributed by atoms with van der Waals surface area (Å²) < 4.78 is 51.5. The molecule has 0 aliphatic carbocycles. The summed E-state index contributed by atoms with van der Waals surface area (Å²) in [6.45, 7) is -0.301. The zero-order valence-corrected chi connectivity index (χ0v) is 16.3. The average Bonchev–Trinajstić information content (AvgIpc) is 3.17. The second kappa shape index (κ2) is 8.27. The van der Waals surface area contributed by atoms with E-state index in [4.69, 9.17) is 9.47 Å². The molecule has 0 atom stereocenters. The van der Waals surface area contributed by atoms with Gasteiger partial charge in [-0.3, -0.25) is 0 Å². The lowest BCUT2D eigenvalue weighted by molar-refractivity contribution is 0.140. The molecule has 0 aliphatic rings. The molecule has 1 N–H and O–H groups in total. The molecule has 0 bridgehead atoms. The molecule has 0 spiro atoms. The van der Waals surface area contributed by atoms with Crippen molar-refractivity contribution in [3.8, 4) is 11.6 Å². The molecule has 11 heteroatoms. The molecule has 2 heterocycles. The van der Waals surface area contributed by atoms with Gasteiger partial charge >= 0.3 is 6.09 Å². The molecule has 0 unspecified atom stereocenters. The Balaban J connectivity index is 2.11. The lowest BCUT2D eigenvalue weighted by Crippen LogP contribution is -2.19. The van der Waals surface area contributed by atoms with Gasteiger partial charge in [0.25, 0.3) is 0 Å². The van der Waals surface area contributed by atoms with Crippen LogP contribution in [0.4, 0.5) is 9.18 Å². The Morgan fingerprint density at radius 1 is 1.24 bits per heavy atom. The molecule has 152 valence electrons. The molecular weight excluding hydrogens is 403 g/mol. The summed E-state index contributed by atoms with van der Waals surface area (Å²) in [4.78, 5) is 15.1. The van der Waals surface area contributed by atoms with Crippen LogP contribution < -0.4 is 10.1 Å². The lowest BCUT2D eigenvalue weighted by atomic mass is 10.3. The van der Waals surface area contributed by atoms with Gasteiger partial charge in [-0.1, -0.05) is 12.1 Å². The van der Waals surface area contributed by atoms with Gasteiger partial charge in [-0.2, -0.15) is 5.10 Å². The molecule has 1 amide bonds. The van der Waals surface area contributed by atoms with E-state index in [-0.39, 0.29) is 33.8 Å². The van der Waals surface area contributed by atoms with Crippen molar-refractivity contribution < 1.29 is 27.1 Å². The topological polar surface area (TPSA) is 112 Å². The first-order valence-electron chi connectivity index (χ1n) is 8.30. The molecule has 29 heavy (non-hydrogen) atoms. The smallest absolute Gasteiger partial charge is 0.407 e. The number of carbonyl (C=O) groups is 1. The number of carbonyl (C=O) groups excluding carboxylic acids is 1. The zero-order chi connectivity index (χ0) is 21.0. The summed E-state index contributed by atoms with van der Waals surface area (Å²) in [6, 6.07) is 9.52. The minimum absolute atomic E-state index is 0.0706. The number of sulfone groups is 1. The van der Waals surface area contributed by atoms with Crippen LogP contribution in [0.15, 0.2) is 58.6 Å². The predicted octanol–water partition coefficient (Wildman–Crippen LogP) is 2.10. The third kappa shape index (κ3) is 4.19. The summed E-state index contributed by atoms with van der Waals surface area (Å²) >= 11 is 0. The zero-order valence-electron chi connectivity index (χ0n) is 15.5. The van der Waals surface area contributed by atoms with E-state index >= 15 is 0 Å². The van der Waals surface area contributed by atoms with E-state index in [1.165, 1.54) is 50.6 Å². The van der Waals surface area contributed by atoms with E-state index in [0.717, 1.165) is 10.9 Å². The quantitative estimate of drug-likeness (QED) is 0.650. The van der Waals surface area contributed by atoms with Crippen molar-refractivity contribution in [1.29, 1.82) is 0 Å². The van der Waals surface area contributed by atoms with Crippen LogP contribution in [0.5, 0.6) is 5.88 Å². The second-order valence-corrected chi connectivity index (χ2v) is 7.60. The number of halogens is 1. The number of methoxy groups -OCH3 is 1. The fourth-order valence-electron chi connectivity index (χ4n) is 2.45. The SMILES string of the molecule is CNC(=O)OCc1cc(S(=O)(=O)c2ccc(OC)nc2)n(-c2ccccc2F)n1. The fraction of sp³-hybridized carbons (Fsp3) is 0.167. The van der Waals surface area contributed by atoms with E-state index in [2.05, 4.69) is 15.4 Å². The van der Waals surface area contributed by atoms with Gasteiger partial charge < -0.3 is 14.8 Å². The minimum Gasteiger partial charge on any atom is -0.481 e. The third-order valence-electron chi connectivity index (χ3n) is 3.87. The Bertz CT molecular complexity index is 1130. The van der Waals surface area contributed by atoms with E-state index in [9.17, 15) is 17.6 Å². The van der Waals surface area contributed by atoms with Crippen molar-refractivity contribution in [1.82, 2.24) is 20.1 Å². The van der Waals surface area contributed by atoms with Crippen molar-refractivity contribution in [2.24, 2.45) is 0 Å². The Kier molecular flexibility index (Phi) is 5.78. The van der Waals surface area contributed by atoms with Gasteiger partial charge in [0.15, 0.2) is 5.03 Å². The molecule has 3 rings (SSSR count). The monoisotopic (exact) mass is 420 g/mol. The van der Waals surface area contributed by atoms with Crippen molar-refractivity contribution in [2.45, 2.75) is 16.5 Å². The first-order valence-corrected chi connectivity index (χ1v) is 9.78. The van der Waals surface area contributed by atoms with Crippen LogP contribution in [-0.2, 0) is 21.2 Å². The number of nitrogens with zero attached hydrogens (tertiary/aromatic N) is 3. The Hall–Kier alpha value is -3.47. The number of hydrogen-bond donors (Lipinski definition) is 1. The normalized spacial score (nSPS) is 11.1. The second-order valence-electron chi connectivity index (χ2n) is 5.70. The van der Waals surface area contributed by atoms with Gasteiger partial charge in [0.05, 0.1) is 12.0 Å². The van der Waals surface area contributed by atoms with Crippen LogP contribution in [0.3, 0.4) is 0 Å². The number of para-hydroxylation sites is 1. The molecule has 0 radical (unpaired) electrons. The van der Waals surface area contributed by atoms with Gasteiger partial charge in [-0.25, -0.2) is 27.3 Å². The molecule has 0 saturated carbocycles. The van der Waals surface area contributed by atoms with Gasteiger partial charge in [0, 0.05) is 25.4 Å². The van der Waals surface area contributed by atoms with Crippen LogP contribution in [0.25, 0.3) is 5.69 Å². The number of alkyl carbamates (subject to hydrolysis) is 1. The summed E-state index contributed by atoms with van der Waals surface area (Å²) in [5.41, 5.74) is 0.0515. The maximum Gasteiger partial charge on any atom is 0.407 e. The number of rotatable bonds is 6. The Morgan fingerprint density at radius 2 is 2.00 bits per heavy atom. The van der Waals surface area contributed by atoms with E-state index in [1.54, 1.807) is 6.07 Å². The summed E-state index contributed by atoms with van der Waals surface area (Å²) in [5, 5.41) is 6.09. The number of amides is 1. The average molecular weight is 420 g/mol. The number of nitrogens with one attached hydrogen (secondary N) is 1. The van der Waals surface area contributed by atoms with Gasteiger partial charge in [-0.05, 0) is 18.2 Å². The van der Waals surface area contributed by atoms with Crippen LogP contribution in [0, 0.1) is 5.82 Å². The molecule has 0 fully saturated rings. The number of ether oxygens (including phenoxy) is 2. The molecule has 0 aliphatic heterocycles. The van der Waals surface area contributed by atoms with Crippen LogP contribution >= 0.6 is 0 Å². The van der Waals surface area contributed by atoms with Crippen molar-refractivity contribution in [2.75, 3.05) is 14.2 Å². The number of benzene rings is 1. The summed E-state index contributed by atoms with van der Waals surface area (Å²) in [5.74, 6) is -0.426. The molecule has 9 nitrogen and oxygen atoms in total. The van der Waals surface area contributed by atoms with Gasteiger partial charge in [0.1, 0.15) is 23.8 Å². The van der Waals surface area contributed by atoms with Crippen LogP contribution in [0.2, 0.25) is 0 Å². The first kappa shape index (κ1) is 20.3. The van der Waals surface area contributed by atoms with Crippen molar-refractivity contribution in [3.05, 3.63) is 60.2 Å². The highest BCUT2D eigenvalue weighted by molar-refractivity contribution is 7.91. The van der Waals surface area contributed by atoms with Crippen molar-refractivity contribution in [3.63, 3.8) is 0 Å². The third-order valence-corrected chi connectivity index (χ3v) is 5.57.